The van der Waals surface area contributed by atoms with Crippen molar-refractivity contribution >= 4 is 28.4 Å². The topological polar surface area (TPSA) is 107 Å². The van der Waals surface area contributed by atoms with E-state index < -0.39 is 0 Å². The van der Waals surface area contributed by atoms with Crippen LogP contribution in [0.2, 0.25) is 0 Å². The molecule has 9 heteroatoms. The highest BCUT2D eigenvalue weighted by Crippen LogP contribution is 2.32. The molecular formula is C17H20N8O. The summed E-state index contributed by atoms with van der Waals surface area (Å²) in [6, 6.07) is 3.78. The van der Waals surface area contributed by atoms with Gasteiger partial charge in [-0.15, -0.1) is 0 Å². The number of aromatic amines is 1. The third kappa shape index (κ3) is 2.72. The van der Waals surface area contributed by atoms with Gasteiger partial charge in [-0.1, -0.05) is 0 Å². The Morgan fingerprint density at radius 1 is 1.27 bits per heavy atom. The minimum Gasteiger partial charge on any atom is -0.396 e. The third-order valence-corrected chi connectivity index (χ3v) is 4.28. The Bertz CT molecular complexity index is 1050. The highest BCUT2D eigenvalue weighted by molar-refractivity contribution is 6.00. The molecule has 26 heavy (non-hydrogen) atoms. The number of aliphatic hydroxyl groups is 1. The molecule has 0 aliphatic carbocycles. The number of hydrogen-bond donors (Lipinski definition) is 3. The summed E-state index contributed by atoms with van der Waals surface area (Å²) in [6.45, 7) is 0.818. The number of nitrogens with zero attached hydrogens (tertiary/aromatic N) is 6. The minimum absolute atomic E-state index is 0.140. The van der Waals surface area contributed by atoms with Crippen molar-refractivity contribution in [2.75, 3.05) is 37.5 Å². The summed E-state index contributed by atoms with van der Waals surface area (Å²) in [5.41, 5.74) is 3.27. The molecule has 0 saturated heterocycles. The summed E-state index contributed by atoms with van der Waals surface area (Å²) in [5, 5.41) is 17.3. The van der Waals surface area contributed by atoms with Gasteiger partial charge in [0.25, 0.3) is 0 Å². The van der Waals surface area contributed by atoms with E-state index in [1.807, 2.05) is 43.5 Å². The molecule has 0 aliphatic heterocycles. The Hall–Kier alpha value is -3.20. The zero-order valence-electron chi connectivity index (χ0n) is 14.6. The molecule has 0 aromatic carbocycles. The second-order valence-electron chi connectivity index (χ2n) is 5.99. The van der Waals surface area contributed by atoms with Gasteiger partial charge in [-0.25, -0.2) is 9.50 Å². The van der Waals surface area contributed by atoms with Crippen LogP contribution in [-0.2, 0) is 0 Å². The van der Waals surface area contributed by atoms with E-state index >= 15 is 0 Å². The van der Waals surface area contributed by atoms with Crippen molar-refractivity contribution in [3.8, 4) is 11.3 Å². The minimum atomic E-state index is 0.140. The second kappa shape index (κ2) is 6.60. The quantitative estimate of drug-likeness (QED) is 0.483. The molecule has 4 heterocycles. The lowest BCUT2D eigenvalue weighted by Crippen LogP contribution is -2.22. The number of H-pyrrole nitrogens is 1. The van der Waals surface area contributed by atoms with Crippen LogP contribution in [0.5, 0.6) is 0 Å². The second-order valence-corrected chi connectivity index (χ2v) is 5.99. The highest BCUT2D eigenvalue weighted by Gasteiger charge is 2.17. The summed E-state index contributed by atoms with van der Waals surface area (Å²) >= 11 is 0. The van der Waals surface area contributed by atoms with E-state index in [-0.39, 0.29) is 6.61 Å². The summed E-state index contributed by atoms with van der Waals surface area (Å²) in [6.07, 6.45) is 6.16. The monoisotopic (exact) mass is 352 g/mol. The first kappa shape index (κ1) is 16.3. The molecule has 0 atom stereocenters. The average molecular weight is 352 g/mol. The molecule has 4 aromatic heterocycles. The zero-order valence-corrected chi connectivity index (χ0v) is 14.6. The molecule has 0 bridgehead atoms. The zero-order chi connectivity index (χ0) is 18.1. The number of aromatic nitrogens is 6. The van der Waals surface area contributed by atoms with Crippen molar-refractivity contribution < 1.29 is 5.11 Å². The van der Waals surface area contributed by atoms with Crippen molar-refractivity contribution in [1.29, 1.82) is 0 Å². The fourth-order valence-corrected chi connectivity index (χ4v) is 2.95. The summed E-state index contributed by atoms with van der Waals surface area (Å²) in [4.78, 5) is 19.1. The van der Waals surface area contributed by atoms with Crippen molar-refractivity contribution in [2.45, 2.75) is 6.42 Å². The summed E-state index contributed by atoms with van der Waals surface area (Å²) in [5.74, 6) is 1.33. The lowest BCUT2D eigenvalue weighted by Gasteiger charge is -2.17. The first-order chi connectivity index (χ1) is 12.7. The molecule has 9 nitrogen and oxygen atoms in total. The summed E-state index contributed by atoms with van der Waals surface area (Å²) < 4.78 is 1.72. The fourth-order valence-electron chi connectivity index (χ4n) is 2.95. The van der Waals surface area contributed by atoms with Gasteiger partial charge in [0.2, 0.25) is 5.95 Å². The number of anilines is 2. The van der Waals surface area contributed by atoms with Crippen LogP contribution in [0.1, 0.15) is 6.42 Å². The van der Waals surface area contributed by atoms with E-state index in [1.165, 1.54) is 0 Å². The summed E-state index contributed by atoms with van der Waals surface area (Å²) in [7, 11) is 3.75. The Morgan fingerprint density at radius 2 is 2.15 bits per heavy atom. The van der Waals surface area contributed by atoms with Crippen LogP contribution in [0.25, 0.3) is 27.9 Å². The van der Waals surface area contributed by atoms with Gasteiger partial charge in [0.05, 0.1) is 17.3 Å². The number of aliphatic hydroxyl groups excluding tert-OH is 1. The number of nitrogens with one attached hydrogen (secondary N) is 2. The van der Waals surface area contributed by atoms with E-state index in [1.54, 1.807) is 10.7 Å². The van der Waals surface area contributed by atoms with E-state index in [9.17, 15) is 0 Å². The Morgan fingerprint density at radius 3 is 2.96 bits per heavy atom. The molecular weight excluding hydrogens is 332 g/mol. The van der Waals surface area contributed by atoms with Crippen LogP contribution >= 0.6 is 0 Å². The van der Waals surface area contributed by atoms with Gasteiger partial charge in [-0.3, -0.25) is 0 Å². The lowest BCUT2D eigenvalue weighted by molar-refractivity contribution is 0.290. The first-order valence-corrected chi connectivity index (χ1v) is 8.41. The van der Waals surface area contributed by atoms with Gasteiger partial charge in [0.1, 0.15) is 11.5 Å². The Balaban J connectivity index is 1.81. The van der Waals surface area contributed by atoms with E-state index in [0.29, 0.717) is 18.9 Å². The normalized spacial score (nSPS) is 11.3. The van der Waals surface area contributed by atoms with Gasteiger partial charge in [0, 0.05) is 51.3 Å². The molecule has 0 aliphatic rings. The van der Waals surface area contributed by atoms with Crippen molar-refractivity contribution in [2.24, 2.45) is 0 Å². The number of fused-ring (bicyclic) bond motifs is 2. The van der Waals surface area contributed by atoms with E-state index in [2.05, 4.69) is 30.4 Å². The number of rotatable bonds is 6. The molecule has 4 aromatic rings. The van der Waals surface area contributed by atoms with E-state index in [4.69, 9.17) is 5.11 Å². The predicted molar refractivity (Wildman–Crippen MR) is 100 cm³/mol. The van der Waals surface area contributed by atoms with Crippen LogP contribution in [0, 0.1) is 0 Å². The SMILES string of the molecule is CNc1nc(N(C)CCCO)nc2[nH]cc(-c3ccn4nccc4n3)c12. The lowest BCUT2D eigenvalue weighted by atomic mass is 10.1. The van der Waals surface area contributed by atoms with E-state index in [0.717, 1.165) is 33.8 Å². The molecule has 0 fully saturated rings. The first-order valence-electron chi connectivity index (χ1n) is 8.41. The van der Waals surface area contributed by atoms with Crippen LogP contribution in [0.3, 0.4) is 0 Å². The predicted octanol–water partition coefficient (Wildman–Crippen LogP) is 1.53. The van der Waals surface area contributed by atoms with Gasteiger partial charge in [-0.05, 0) is 12.5 Å². The van der Waals surface area contributed by atoms with Crippen LogP contribution in [0.4, 0.5) is 11.8 Å². The Labute approximate surface area is 149 Å². The molecule has 0 saturated carbocycles. The molecule has 4 rings (SSSR count). The highest BCUT2D eigenvalue weighted by atomic mass is 16.3. The van der Waals surface area contributed by atoms with Crippen molar-refractivity contribution in [1.82, 2.24) is 29.5 Å². The van der Waals surface area contributed by atoms with Crippen molar-refractivity contribution in [3.05, 3.63) is 30.7 Å². The largest absolute Gasteiger partial charge is 0.396 e. The average Bonchev–Trinajstić information content (AvgIpc) is 3.31. The van der Waals surface area contributed by atoms with Crippen LogP contribution in [-0.4, -0.2) is 61.9 Å². The fraction of sp³-hybridized carbons (Fsp3) is 0.294. The maximum absolute atomic E-state index is 9.02. The maximum Gasteiger partial charge on any atom is 0.229 e. The van der Waals surface area contributed by atoms with Crippen molar-refractivity contribution in [3.63, 3.8) is 0 Å². The number of hydrogen-bond acceptors (Lipinski definition) is 7. The maximum atomic E-state index is 9.02. The molecule has 3 N–H and O–H groups in total. The van der Waals surface area contributed by atoms with Gasteiger partial charge in [-0.2, -0.15) is 15.1 Å². The van der Waals surface area contributed by atoms with Crippen LogP contribution in [0.15, 0.2) is 30.7 Å². The van der Waals surface area contributed by atoms with Crippen LogP contribution < -0.4 is 10.2 Å². The van der Waals surface area contributed by atoms with Gasteiger partial charge in [0.15, 0.2) is 5.65 Å². The third-order valence-electron chi connectivity index (χ3n) is 4.28. The van der Waals surface area contributed by atoms with Gasteiger partial charge < -0.3 is 20.3 Å². The smallest absolute Gasteiger partial charge is 0.229 e. The molecule has 0 amide bonds. The molecule has 0 unspecified atom stereocenters. The standard InChI is InChI=1S/C17H20N8O/c1-18-15-14-11(12-5-8-25-13(21-12)4-6-20-25)10-19-16(14)23-17(22-15)24(2)7-3-9-26/h4-6,8,10,26H,3,7,9H2,1-2H3,(H2,18,19,22,23). The van der Waals surface area contributed by atoms with Gasteiger partial charge >= 0.3 is 0 Å². The molecule has 0 spiro atoms. The molecule has 134 valence electrons. The molecule has 0 radical (unpaired) electrons. The Kier molecular flexibility index (Phi) is 4.13.